The Labute approximate surface area is 172 Å². The first-order valence-electron chi connectivity index (χ1n) is 9.89. The SMILES string of the molecule is COc1ccccc1C(=O)N1CCCN(C(=O)COc2cc(C)ccc2C)CC1. The fraction of sp³-hybridized carbons (Fsp3) is 0.391. The number of carbonyl (C=O) groups excluding carboxylic acids is 2. The van der Waals surface area contributed by atoms with Crippen LogP contribution < -0.4 is 9.47 Å². The molecule has 154 valence electrons. The van der Waals surface area contributed by atoms with Gasteiger partial charge in [-0.1, -0.05) is 24.3 Å². The molecule has 0 aliphatic carbocycles. The number of methoxy groups -OCH3 is 1. The molecule has 0 unspecified atom stereocenters. The Morgan fingerprint density at radius 2 is 1.66 bits per heavy atom. The maximum Gasteiger partial charge on any atom is 0.260 e. The number of benzene rings is 2. The fourth-order valence-electron chi connectivity index (χ4n) is 3.46. The highest BCUT2D eigenvalue weighted by Gasteiger charge is 2.24. The second-order valence-electron chi connectivity index (χ2n) is 7.28. The van der Waals surface area contributed by atoms with Gasteiger partial charge in [0.15, 0.2) is 6.61 Å². The molecule has 1 aliphatic rings. The van der Waals surface area contributed by atoms with Gasteiger partial charge in [0, 0.05) is 26.2 Å². The molecule has 1 heterocycles. The summed E-state index contributed by atoms with van der Waals surface area (Å²) in [4.78, 5) is 29.1. The van der Waals surface area contributed by atoms with Gasteiger partial charge in [0.1, 0.15) is 11.5 Å². The van der Waals surface area contributed by atoms with Crippen LogP contribution in [-0.4, -0.2) is 61.5 Å². The molecule has 0 radical (unpaired) electrons. The first kappa shape index (κ1) is 20.7. The summed E-state index contributed by atoms with van der Waals surface area (Å²) in [6.45, 7) is 6.18. The lowest BCUT2D eigenvalue weighted by molar-refractivity contribution is -0.133. The largest absolute Gasteiger partial charge is 0.496 e. The third kappa shape index (κ3) is 5.08. The van der Waals surface area contributed by atoms with Gasteiger partial charge < -0.3 is 19.3 Å². The van der Waals surface area contributed by atoms with E-state index in [1.165, 1.54) is 0 Å². The molecule has 1 fully saturated rings. The topological polar surface area (TPSA) is 59.1 Å². The number of nitrogens with zero attached hydrogens (tertiary/aromatic N) is 2. The molecule has 0 aromatic heterocycles. The lowest BCUT2D eigenvalue weighted by Gasteiger charge is -2.23. The van der Waals surface area contributed by atoms with Crippen LogP contribution in [-0.2, 0) is 4.79 Å². The molecule has 1 aliphatic heterocycles. The second kappa shape index (κ2) is 9.45. The molecular weight excluding hydrogens is 368 g/mol. The van der Waals surface area contributed by atoms with Gasteiger partial charge in [-0.3, -0.25) is 9.59 Å². The van der Waals surface area contributed by atoms with Crippen LogP contribution in [0.25, 0.3) is 0 Å². The van der Waals surface area contributed by atoms with Crippen LogP contribution in [0.2, 0.25) is 0 Å². The maximum atomic E-state index is 12.9. The Morgan fingerprint density at radius 1 is 0.931 bits per heavy atom. The normalized spacial score (nSPS) is 14.3. The third-order valence-corrected chi connectivity index (χ3v) is 5.17. The average molecular weight is 396 g/mol. The Bertz CT molecular complexity index is 881. The summed E-state index contributed by atoms with van der Waals surface area (Å²) in [5.74, 6) is 1.18. The van der Waals surface area contributed by atoms with Crippen LogP contribution in [0.4, 0.5) is 0 Å². The Hall–Kier alpha value is -3.02. The summed E-state index contributed by atoms with van der Waals surface area (Å²) in [5, 5.41) is 0. The molecule has 6 nitrogen and oxygen atoms in total. The van der Waals surface area contributed by atoms with E-state index in [9.17, 15) is 9.59 Å². The van der Waals surface area contributed by atoms with Crippen LogP contribution in [0.3, 0.4) is 0 Å². The van der Waals surface area contributed by atoms with Crippen LogP contribution in [0.15, 0.2) is 42.5 Å². The Morgan fingerprint density at radius 3 is 2.45 bits per heavy atom. The quantitative estimate of drug-likeness (QED) is 0.779. The van der Waals surface area contributed by atoms with Crippen LogP contribution in [0, 0.1) is 13.8 Å². The van der Waals surface area contributed by atoms with Gasteiger partial charge in [-0.05, 0) is 49.6 Å². The highest BCUT2D eigenvalue weighted by molar-refractivity contribution is 5.97. The molecule has 0 spiro atoms. The Balaban J connectivity index is 1.58. The summed E-state index contributed by atoms with van der Waals surface area (Å²) in [6, 6.07) is 13.2. The first-order chi connectivity index (χ1) is 14.0. The monoisotopic (exact) mass is 396 g/mol. The smallest absolute Gasteiger partial charge is 0.260 e. The van der Waals surface area contributed by atoms with Crippen LogP contribution in [0.5, 0.6) is 11.5 Å². The predicted molar refractivity (Wildman–Crippen MR) is 112 cm³/mol. The van der Waals surface area contributed by atoms with Gasteiger partial charge in [0.25, 0.3) is 11.8 Å². The first-order valence-corrected chi connectivity index (χ1v) is 9.89. The lowest BCUT2D eigenvalue weighted by atomic mass is 10.1. The summed E-state index contributed by atoms with van der Waals surface area (Å²) in [5.41, 5.74) is 2.65. The summed E-state index contributed by atoms with van der Waals surface area (Å²) in [6.07, 6.45) is 0.732. The van der Waals surface area contributed by atoms with Crippen molar-refractivity contribution in [3.05, 3.63) is 59.2 Å². The molecule has 0 N–H and O–H groups in total. The fourth-order valence-corrected chi connectivity index (χ4v) is 3.46. The van der Waals surface area contributed by atoms with Gasteiger partial charge in [-0.15, -0.1) is 0 Å². The summed E-state index contributed by atoms with van der Waals surface area (Å²) < 4.78 is 11.1. The molecule has 29 heavy (non-hydrogen) atoms. The zero-order valence-corrected chi connectivity index (χ0v) is 17.3. The standard InChI is InChI=1S/C23H28N2O4/c1-17-9-10-18(2)21(15-17)29-16-22(26)24-11-6-12-25(14-13-24)23(27)19-7-4-5-8-20(19)28-3/h4-5,7-10,15H,6,11-14,16H2,1-3H3. The van der Waals surface area contributed by atoms with Crippen molar-refractivity contribution in [2.24, 2.45) is 0 Å². The van der Waals surface area contributed by atoms with Crippen molar-refractivity contribution < 1.29 is 19.1 Å². The van der Waals surface area contributed by atoms with Crippen molar-refractivity contribution in [1.82, 2.24) is 9.80 Å². The van der Waals surface area contributed by atoms with Gasteiger partial charge in [0.05, 0.1) is 12.7 Å². The molecule has 0 atom stereocenters. The molecule has 2 amide bonds. The predicted octanol–water partition coefficient (Wildman–Crippen LogP) is 3.07. The van der Waals surface area contributed by atoms with Gasteiger partial charge in [-0.2, -0.15) is 0 Å². The molecule has 6 heteroatoms. The Kier molecular flexibility index (Phi) is 6.75. The van der Waals surface area contributed by atoms with Crippen molar-refractivity contribution in [3.8, 4) is 11.5 Å². The van der Waals surface area contributed by atoms with Gasteiger partial charge in [0.2, 0.25) is 0 Å². The molecule has 0 bridgehead atoms. The number of rotatable bonds is 5. The lowest BCUT2D eigenvalue weighted by Crippen LogP contribution is -2.39. The molecule has 1 saturated heterocycles. The number of hydrogen-bond acceptors (Lipinski definition) is 4. The number of amides is 2. The van der Waals surface area contributed by atoms with Crippen LogP contribution >= 0.6 is 0 Å². The van der Waals surface area contributed by atoms with Crippen molar-refractivity contribution in [1.29, 1.82) is 0 Å². The van der Waals surface area contributed by atoms with Gasteiger partial charge >= 0.3 is 0 Å². The van der Waals surface area contributed by atoms with Crippen LogP contribution in [0.1, 0.15) is 27.9 Å². The molecule has 2 aromatic rings. The second-order valence-corrected chi connectivity index (χ2v) is 7.28. The van der Waals surface area contributed by atoms with E-state index in [-0.39, 0.29) is 18.4 Å². The van der Waals surface area contributed by atoms with Crippen molar-refractivity contribution in [2.75, 3.05) is 39.9 Å². The minimum absolute atomic E-state index is 0.00471. The van der Waals surface area contributed by atoms with E-state index < -0.39 is 0 Å². The van der Waals surface area contributed by atoms with E-state index in [0.717, 1.165) is 23.3 Å². The van der Waals surface area contributed by atoms with E-state index in [4.69, 9.17) is 9.47 Å². The minimum Gasteiger partial charge on any atom is -0.496 e. The molecule has 3 rings (SSSR count). The third-order valence-electron chi connectivity index (χ3n) is 5.17. The van der Waals surface area contributed by atoms with E-state index in [2.05, 4.69) is 0 Å². The van der Waals surface area contributed by atoms with E-state index in [0.29, 0.717) is 37.5 Å². The van der Waals surface area contributed by atoms with Crippen molar-refractivity contribution >= 4 is 11.8 Å². The van der Waals surface area contributed by atoms with Gasteiger partial charge in [-0.25, -0.2) is 0 Å². The maximum absolute atomic E-state index is 12.9. The van der Waals surface area contributed by atoms with E-state index >= 15 is 0 Å². The zero-order chi connectivity index (χ0) is 20.8. The molecule has 0 saturated carbocycles. The van der Waals surface area contributed by atoms with E-state index in [1.807, 2.05) is 44.2 Å². The number of ether oxygens (including phenoxy) is 2. The number of carbonyl (C=O) groups is 2. The average Bonchev–Trinajstić information content (AvgIpc) is 3.00. The summed E-state index contributed by atoms with van der Waals surface area (Å²) >= 11 is 0. The molecule has 2 aromatic carbocycles. The number of hydrogen-bond donors (Lipinski definition) is 0. The van der Waals surface area contributed by atoms with Crippen molar-refractivity contribution in [2.45, 2.75) is 20.3 Å². The summed E-state index contributed by atoms with van der Waals surface area (Å²) in [7, 11) is 1.56. The zero-order valence-electron chi connectivity index (χ0n) is 17.3. The minimum atomic E-state index is -0.0663. The highest BCUT2D eigenvalue weighted by atomic mass is 16.5. The molecular formula is C23H28N2O4. The highest BCUT2D eigenvalue weighted by Crippen LogP contribution is 2.21. The number of aryl methyl sites for hydroxylation is 2. The number of para-hydroxylation sites is 1. The van der Waals surface area contributed by atoms with E-state index in [1.54, 1.807) is 29.0 Å². The van der Waals surface area contributed by atoms with Crippen molar-refractivity contribution in [3.63, 3.8) is 0 Å².